The number of likely N-dealkylation sites (tertiary alicyclic amines) is 1. The molecular weight excluding hydrogens is 586 g/mol. The van der Waals surface area contributed by atoms with Crippen molar-refractivity contribution >= 4 is 17.7 Å². The molecule has 0 unspecified atom stereocenters. The van der Waals surface area contributed by atoms with Crippen LogP contribution >= 0.6 is 0 Å². The van der Waals surface area contributed by atoms with Crippen LogP contribution in [-0.4, -0.2) is 83.2 Å². The van der Waals surface area contributed by atoms with E-state index in [4.69, 9.17) is 23.7 Å². The average molecular weight is 632 g/mol. The van der Waals surface area contributed by atoms with Gasteiger partial charge in [-0.25, -0.2) is 4.79 Å². The van der Waals surface area contributed by atoms with E-state index in [2.05, 4.69) is 16.3 Å². The highest BCUT2D eigenvalue weighted by atomic mass is 16.6. The van der Waals surface area contributed by atoms with Gasteiger partial charge in [0.15, 0.2) is 0 Å². The second-order valence-electron chi connectivity index (χ2n) is 11.7. The number of hydrogen-bond acceptors (Lipinski definition) is 8. The molecule has 0 aliphatic carbocycles. The van der Waals surface area contributed by atoms with E-state index in [9.17, 15) is 9.59 Å². The maximum absolute atomic E-state index is 13.6. The lowest BCUT2D eigenvalue weighted by atomic mass is 9.82. The number of amides is 2. The molecule has 3 atom stereocenters. The third kappa shape index (κ3) is 8.50. The molecule has 5 rings (SSSR count). The first-order chi connectivity index (χ1) is 22.5. The van der Waals surface area contributed by atoms with Crippen molar-refractivity contribution in [3.63, 3.8) is 0 Å². The van der Waals surface area contributed by atoms with E-state index >= 15 is 0 Å². The predicted molar refractivity (Wildman–Crippen MR) is 175 cm³/mol. The molecule has 246 valence electrons. The summed E-state index contributed by atoms with van der Waals surface area (Å²) in [5.41, 5.74) is 4.02. The monoisotopic (exact) mass is 631 g/mol. The topological polar surface area (TPSA) is 98.8 Å². The van der Waals surface area contributed by atoms with Crippen molar-refractivity contribution in [1.82, 2.24) is 10.2 Å². The summed E-state index contributed by atoms with van der Waals surface area (Å²) in [6, 6.07) is 23.3. The van der Waals surface area contributed by atoms with E-state index in [1.54, 1.807) is 26.2 Å². The summed E-state index contributed by atoms with van der Waals surface area (Å²) in [7, 11) is 4.97. The van der Waals surface area contributed by atoms with E-state index in [-0.39, 0.29) is 43.5 Å². The van der Waals surface area contributed by atoms with E-state index in [0.29, 0.717) is 26.2 Å². The minimum absolute atomic E-state index is 0.0646. The van der Waals surface area contributed by atoms with Crippen LogP contribution in [0.15, 0.2) is 72.8 Å². The first-order valence-corrected chi connectivity index (χ1v) is 15.9. The highest BCUT2D eigenvalue weighted by Gasteiger charge is 2.41. The number of rotatable bonds is 13. The van der Waals surface area contributed by atoms with Crippen LogP contribution in [-0.2, 0) is 32.2 Å². The van der Waals surface area contributed by atoms with Crippen LogP contribution in [0.5, 0.6) is 11.5 Å². The van der Waals surface area contributed by atoms with Crippen molar-refractivity contribution in [3.05, 3.63) is 89.5 Å². The molecule has 0 saturated carbocycles. The Morgan fingerprint density at radius 3 is 2.52 bits per heavy atom. The Balaban J connectivity index is 1.37. The minimum atomic E-state index is -0.461. The fourth-order valence-corrected chi connectivity index (χ4v) is 6.19. The van der Waals surface area contributed by atoms with Gasteiger partial charge in [-0.1, -0.05) is 48.5 Å². The Morgan fingerprint density at radius 1 is 0.978 bits per heavy atom. The molecule has 46 heavy (non-hydrogen) atoms. The van der Waals surface area contributed by atoms with Crippen LogP contribution in [0.1, 0.15) is 41.9 Å². The average Bonchev–Trinajstić information content (AvgIpc) is 3.10. The summed E-state index contributed by atoms with van der Waals surface area (Å²) in [6.45, 7) is 3.82. The normalized spacial score (nSPS) is 19.2. The highest BCUT2D eigenvalue weighted by Crippen LogP contribution is 2.38. The van der Waals surface area contributed by atoms with Crippen molar-refractivity contribution in [2.75, 3.05) is 59.0 Å². The molecule has 2 heterocycles. The van der Waals surface area contributed by atoms with Crippen LogP contribution in [0.25, 0.3) is 0 Å². The Morgan fingerprint density at radius 2 is 1.78 bits per heavy atom. The number of ether oxygens (including phenoxy) is 5. The van der Waals surface area contributed by atoms with Gasteiger partial charge in [0.05, 0.1) is 38.6 Å². The van der Waals surface area contributed by atoms with Crippen LogP contribution in [0.2, 0.25) is 0 Å². The molecule has 1 N–H and O–H groups in total. The number of fused-ring (bicyclic) bond motifs is 1. The van der Waals surface area contributed by atoms with Crippen molar-refractivity contribution < 1.29 is 33.3 Å². The van der Waals surface area contributed by atoms with E-state index < -0.39 is 6.09 Å². The quantitative estimate of drug-likeness (QED) is 0.259. The molecule has 10 nitrogen and oxygen atoms in total. The highest BCUT2D eigenvalue weighted by molar-refractivity contribution is 5.77. The molecule has 2 aliphatic rings. The van der Waals surface area contributed by atoms with Gasteiger partial charge in [0, 0.05) is 45.7 Å². The molecule has 0 bridgehead atoms. The second kappa shape index (κ2) is 16.3. The van der Waals surface area contributed by atoms with Crippen LogP contribution in [0.4, 0.5) is 10.5 Å². The Labute approximate surface area is 271 Å². The van der Waals surface area contributed by atoms with Gasteiger partial charge in [-0.15, -0.1) is 0 Å². The maximum atomic E-state index is 13.6. The summed E-state index contributed by atoms with van der Waals surface area (Å²) in [5, 5.41) is 2.71. The first-order valence-electron chi connectivity index (χ1n) is 15.9. The summed E-state index contributed by atoms with van der Waals surface area (Å²) in [6.07, 6.45) is 0.826. The van der Waals surface area contributed by atoms with Gasteiger partial charge in [0.25, 0.3) is 0 Å². The second-order valence-corrected chi connectivity index (χ2v) is 11.7. The zero-order chi connectivity index (χ0) is 32.3. The number of nitrogens with one attached hydrogen (secondary N) is 1. The number of hydrogen-bond donors (Lipinski definition) is 1. The predicted octanol–water partition coefficient (Wildman–Crippen LogP) is 5.15. The fraction of sp³-hybridized carbons (Fsp3) is 0.444. The largest absolute Gasteiger partial charge is 0.497 e. The lowest BCUT2D eigenvalue weighted by Gasteiger charge is -2.43. The number of methoxy groups -OCH3 is 2. The van der Waals surface area contributed by atoms with Gasteiger partial charge < -0.3 is 38.8 Å². The number of nitrogens with zero attached hydrogens (tertiary/aromatic N) is 2. The number of piperidine rings is 1. The van der Waals surface area contributed by atoms with Crippen LogP contribution < -0.4 is 19.7 Å². The number of carbonyl (C=O) groups is 2. The first kappa shape index (κ1) is 33.1. The number of carbonyl (C=O) groups excluding carboxylic acids is 2. The van der Waals surface area contributed by atoms with Gasteiger partial charge >= 0.3 is 6.09 Å². The molecule has 0 radical (unpaired) electrons. The van der Waals surface area contributed by atoms with E-state index in [1.165, 1.54) is 0 Å². The van der Waals surface area contributed by atoms with Crippen molar-refractivity contribution in [1.29, 1.82) is 0 Å². The van der Waals surface area contributed by atoms with Crippen molar-refractivity contribution in [2.45, 2.75) is 50.5 Å². The van der Waals surface area contributed by atoms with Crippen LogP contribution in [0.3, 0.4) is 0 Å². The van der Waals surface area contributed by atoms with Crippen molar-refractivity contribution in [2.24, 2.45) is 0 Å². The zero-order valence-electron chi connectivity index (χ0n) is 27.0. The van der Waals surface area contributed by atoms with Crippen molar-refractivity contribution in [3.8, 4) is 11.5 Å². The Kier molecular flexibility index (Phi) is 11.7. The van der Waals surface area contributed by atoms with Gasteiger partial charge in [-0.2, -0.15) is 0 Å². The minimum Gasteiger partial charge on any atom is -0.497 e. The summed E-state index contributed by atoms with van der Waals surface area (Å²) >= 11 is 0. The smallest absolute Gasteiger partial charge is 0.410 e. The van der Waals surface area contributed by atoms with Gasteiger partial charge in [0.2, 0.25) is 5.91 Å². The molecule has 1 saturated heterocycles. The molecule has 2 aliphatic heterocycles. The molecule has 1 fully saturated rings. The van der Waals surface area contributed by atoms with Gasteiger partial charge in [-0.05, 0) is 53.8 Å². The summed E-state index contributed by atoms with van der Waals surface area (Å²) < 4.78 is 29.0. The Hall–Kier alpha value is -4.28. The number of anilines is 1. The standard InChI is InChI=1S/C36H45N3O7/c1-37-35(40)22-29-21-31(28-11-13-30(43-3)14-12-28)34(23-39(29)36(41)46-24-26-8-5-4-6-9-26)45-25-27-10-15-33-32(20-27)38(17-19-44-33)16-7-18-42-2/h4-6,8-15,20,29,31,34H,7,16-19,21-25H2,1-3H3,(H,37,40)/t29-,31+,34-/m0/s1. The molecule has 0 aromatic heterocycles. The summed E-state index contributed by atoms with van der Waals surface area (Å²) in [5.74, 6) is 1.43. The van der Waals surface area contributed by atoms with E-state index in [0.717, 1.165) is 53.4 Å². The fourth-order valence-electron chi connectivity index (χ4n) is 6.19. The molecule has 10 heteroatoms. The molecule has 3 aromatic rings. The summed E-state index contributed by atoms with van der Waals surface area (Å²) in [4.78, 5) is 30.2. The molecule has 2 amide bonds. The molecule has 0 spiro atoms. The Bertz CT molecular complexity index is 1420. The maximum Gasteiger partial charge on any atom is 0.410 e. The SMILES string of the molecule is CNC(=O)C[C@@H]1C[C@H](c2ccc(OC)cc2)[C@@H](OCc2ccc3c(c2)N(CCCOC)CCO3)CN1C(=O)OCc1ccccc1. The zero-order valence-corrected chi connectivity index (χ0v) is 27.0. The van der Waals surface area contributed by atoms with Crippen LogP contribution in [0, 0.1) is 0 Å². The van der Waals surface area contributed by atoms with E-state index in [1.807, 2.05) is 66.7 Å². The lowest BCUT2D eigenvalue weighted by Crippen LogP contribution is -2.53. The third-order valence-electron chi connectivity index (χ3n) is 8.70. The third-order valence-corrected chi connectivity index (χ3v) is 8.70. The molecular formula is C36H45N3O7. The molecule has 3 aromatic carbocycles. The lowest BCUT2D eigenvalue weighted by molar-refractivity contribution is -0.122. The number of benzene rings is 3. The van der Waals surface area contributed by atoms with Gasteiger partial charge in [-0.3, -0.25) is 4.79 Å². The van der Waals surface area contributed by atoms with Gasteiger partial charge in [0.1, 0.15) is 24.7 Å².